The molecule has 0 aromatic heterocycles. The molecule has 0 saturated heterocycles. The van der Waals surface area contributed by atoms with Gasteiger partial charge in [-0.3, -0.25) is 11.3 Å². The molecular formula is C19H30N2. The fourth-order valence-corrected chi connectivity index (χ4v) is 4.91. The fraction of sp³-hybridized carbons (Fsp3) is 0.684. The van der Waals surface area contributed by atoms with Gasteiger partial charge in [0.2, 0.25) is 0 Å². The zero-order valence-electron chi connectivity index (χ0n) is 13.4. The molecule has 0 aliphatic heterocycles. The number of nitrogens with two attached hydrogens (primary N) is 1. The average Bonchev–Trinajstić information content (AvgIpc) is 3.02. The molecule has 2 aliphatic rings. The molecule has 3 rings (SSSR count). The van der Waals surface area contributed by atoms with Gasteiger partial charge in [0.05, 0.1) is 0 Å². The summed E-state index contributed by atoms with van der Waals surface area (Å²) in [5.41, 5.74) is 6.82. The maximum atomic E-state index is 6.00. The molecule has 2 heteroatoms. The van der Waals surface area contributed by atoms with Crippen LogP contribution in [0.4, 0.5) is 0 Å². The van der Waals surface area contributed by atoms with E-state index in [1.165, 1.54) is 57.8 Å². The number of hydrogen-bond acceptors (Lipinski definition) is 2. The number of hydrogen-bond donors (Lipinski definition) is 2. The molecule has 2 unspecified atom stereocenters. The van der Waals surface area contributed by atoms with Gasteiger partial charge in [0, 0.05) is 6.04 Å². The van der Waals surface area contributed by atoms with E-state index in [-0.39, 0.29) is 0 Å². The topological polar surface area (TPSA) is 38.0 Å². The zero-order chi connectivity index (χ0) is 14.7. The normalized spacial score (nSPS) is 25.5. The van der Waals surface area contributed by atoms with Gasteiger partial charge in [0.1, 0.15) is 0 Å². The summed E-state index contributed by atoms with van der Waals surface area (Å²) in [6.45, 7) is 2.35. The lowest BCUT2D eigenvalue weighted by Crippen LogP contribution is -2.48. The van der Waals surface area contributed by atoms with E-state index in [0.717, 1.165) is 0 Å². The third kappa shape index (κ3) is 2.89. The van der Waals surface area contributed by atoms with E-state index in [0.29, 0.717) is 17.4 Å². The van der Waals surface area contributed by atoms with Crippen molar-refractivity contribution in [2.24, 2.45) is 11.3 Å². The van der Waals surface area contributed by atoms with Crippen LogP contribution in [0.15, 0.2) is 24.3 Å². The SMILES string of the molecule is CCC1(C(CC2CCCc3ccccc32)NN)CCCC1. The molecule has 1 saturated carbocycles. The third-order valence-corrected chi connectivity index (χ3v) is 6.26. The minimum atomic E-state index is 0.446. The average molecular weight is 286 g/mol. The van der Waals surface area contributed by atoms with Gasteiger partial charge in [-0.15, -0.1) is 0 Å². The Hall–Kier alpha value is -0.860. The Balaban J connectivity index is 1.79. The Morgan fingerprint density at radius 2 is 2.00 bits per heavy atom. The van der Waals surface area contributed by atoms with Crippen LogP contribution in [0.2, 0.25) is 0 Å². The van der Waals surface area contributed by atoms with Crippen LogP contribution >= 0.6 is 0 Å². The van der Waals surface area contributed by atoms with Gasteiger partial charge < -0.3 is 0 Å². The molecule has 1 aromatic rings. The van der Waals surface area contributed by atoms with Crippen LogP contribution in [-0.2, 0) is 6.42 Å². The van der Waals surface area contributed by atoms with Gasteiger partial charge in [0.25, 0.3) is 0 Å². The first-order chi connectivity index (χ1) is 10.3. The lowest BCUT2D eigenvalue weighted by molar-refractivity contribution is 0.167. The van der Waals surface area contributed by atoms with Gasteiger partial charge in [-0.05, 0) is 67.4 Å². The first kappa shape index (κ1) is 15.1. The van der Waals surface area contributed by atoms with Crippen LogP contribution in [0, 0.1) is 5.41 Å². The van der Waals surface area contributed by atoms with Gasteiger partial charge in [0.15, 0.2) is 0 Å². The molecule has 2 nitrogen and oxygen atoms in total. The number of rotatable bonds is 5. The van der Waals surface area contributed by atoms with E-state index in [1.54, 1.807) is 11.1 Å². The number of nitrogens with one attached hydrogen (secondary N) is 1. The zero-order valence-corrected chi connectivity index (χ0v) is 13.4. The molecule has 0 radical (unpaired) electrons. The maximum Gasteiger partial charge on any atom is 0.0272 e. The summed E-state index contributed by atoms with van der Waals surface area (Å²) in [5.74, 6) is 6.69. The summed E-state index contributed by atoms with van der Waals surface area (Å²) in [6.07, 6.45) is 11.9. The second kappa shape index (κ2) is 6.50. The van der Waals surface area contributed by atoms with Gasteiger partial charge in [-0.1, -0.05) is 44.0 Å². The van der Waals surface area contributed by atoms with Crippen molar-refractivity contribution in [1.29, 1.82) is 0 Å². The van der Waals surface area contributed by atoms with Crippen molar-refractivity contribution in [3.05, 3.63) is 35.4 Å². The molecule has 116 valence electrons. The van der Waals surface area contributed by atoms with Crippen molar-refractivity contribution in [2.75, 3.05) is 0 Å². The summed E-state index contributed by atoms with van der Waals surface area (Å²) in [4.78, 5) is 0. The van der Waals surface area contributed by atoms with Crippen LogP contribution < -0.4 is 11.3 Å². The van der Waals surface area contributed by atoms with Crippen molar-refractivity contribution < 1.29 is 0 Å². The molecule has 1 fully saturated rings. The Morgan fingerprint density at radius 3 is 2.71 bits per heavy atom. The van der Waals surface area contributed by atoms with E-state index in [4.69, 9.17) is 5.84 Å². The Kier molecular flexibility index (Phi) is 4.66. The monoisotopic (exact) mass is 286 g/mol. The molecule has 2 aliphatic carbocycles. The van der Waals surface area contributed by atoms with Gasteiger partial charge >= 0.3 is 0 Å². The first-order valence-corrected chi connectivity index (χ1v) is 8.83. The summed E-state index contributed by atoms with van der Waals surface area (Å²) in [7, 11) is 0. The molecule has 0 amide bonds. The highest BCUT2D eigenvalue weighted by atomic mass is 15.2. The van der Waals surface area contributed by atoms with E-state index < -0.39 is 0 Å². The third-order valence-electron chi connectivity index (χ3n) is 6.26. The standard InChI is InChI=1S/C19H30N2/c1-2-19(12-5-6-13-19)18(21-20)14-16-10-7-9-15-8-3-4-11-17(15)16/h3-4,8,11,16,18,21H,2,5-7,9-10,12-14,20H2,1H3. The van der Waals surface area contributed by atoms with Crippen molar-refractivity contribution in [3.8, 4) is 0 Å². The molecule has 21 heavy (non-hydrogen) atoms. The largest absolute Gasteiger partial charge is 0.271 e. The second-order valence-corrected chi connectivity index (χ2v) is 7.17. The van der Waals surface area contributed by atoms with E-state index in [1.807, 2.05) is 0 Å². The van der Waals surface area contributed by atoms with Crippen LogP contribution in [0.3, 0.4) is 0 Å². The van der Waals surface area contributed by atoms with Crippen molar-refractivity contribution in [2.45, 2.75) is 76.7 Å². The summed E-state index contributed by atoms with van der Waals surface area (Å²) in [6, 6.07) is 9.52. The minimum Gasteiger partial charge on any atom is -0.271 e. The fourth-order valence-electron chi connectivity index (χ4n) is 4.91. The Morgan fingerprint density at radius 1 is 1.24 bits per heavy atom. The number of aryl methyl sites for hydroxylation is 1. The van der Waals surface area contributed by atoms with Crippen molar-refractivity contribution >= 4 is 0 Å². The highest BCUT2D eigenvalue weighted by Gasteiger charge is 2.40. The van der Waals surface area contributed by atoms with Gasteiger partial charge in [-0.2, -0.15) is 0 Å². The Labute approximate surface area is 129 Å². The second-order valence-electron chi connectivity index (χ2n) is 7.17. The molecule has 0 spiro atoms. The predicted octanol–water partition coefficient (Wildman–Crippen LogP) is 4.30. The van der Waals surface area contributed by atoms with Crippen molar-refractivity contribution in [3.63, 3.8) is 0 Å². The van der Waals surface area contributed by atoms with Crippen LogP contribution in [0.5, 0.6) is 0 Å². The lowest BCUT2D eigenvalue weighted by atomic mass is 9.70. The molecular weight excluding hydrogens is 256 g/mol. The molecule has 3 N–H and O–H groups in total. The highest BCUT2D eigenvalue weighted by molar-refractivity contribution is 5.32. The van der Waals surface area contributed by atoms with Crippen LogP contribution in [0.25, 0.3) is 0 Å². The lowest BCUT2D eigenvalue weighted by Gasteiger charge is -2.39. The molecule has 0 bridgehead atoms. The maximum absolute atomic E-state index is 6.00. The molecule has 2 atom stereocenters. The minimum absolute atomic E-state index is 0.446. The summed E-state index contributed by atoms with van der Waals surface area (Å²) >= 11 is 0. The highest BCUT2D eigenvalue weighted by Crippen LogP contribution is 2.47. The number of fused-ring (bicyclic) bond motifs is 1. The summed E-state index contributed by atoms with van der Waals surface area (Å²) in [5, 5.41) is 0. The van der Waals surface area contributed by atoms with E-state index >= 15 is 0 Å². The van der Waals surface area contributed by atoms with E-state index in [2.05, 4.69) is 36.6 Å². The Bertz CT molecular complexity index is 462. The smallest absolute Gasteiger partial charge is 0.0272 e. The number of hydrazine groups is 1. The molecule has 1 aromatic carbocycles. The van der Waals surface area contributed by atoms with Gasteiger partial charge in [-0.25, -0.2) is 0 Å². The van der Waals surface area contributed by atoms with Crippen molar-refractivity contribution in [1.82, 2.24) is 5.43 Å². The molecule has 0 heterocycles. The van der Waals surface area contributed by atoms with Crippen LogP contribution in [0.1, 0.15) is 75.3 Å². The predicted molar refractivity (Wildman–Crippen MR) is 89.0 cm³/mol. The quantitative estimate of drug-likeness (QED) is 0.625. The number of benzene rings is 1. The summed E-state index contributed by atoms with van der Waals surface area (Å²) < 4.78 is 0. The first-order valence-electron chi connectivity index (χ1n) is 8.83. The van der Waals surface area contributed by atoms with Crippen LogP contribution in [-0.4, -0.2) is 6.04 Å². The van der Waals surface area contributed by atoms with E-state index in [9.17, 15) is 0 Å².